The van der Waals surface area contributed by atoms with E-state index in [9.17, 15) is 24.0 Å². The summed E-state index contributed by atoms with van der Waals surface area (Å²) in [7, 11) is 0. The van der Waals surface area contributed by atoms with Gasteiger partial charge in [0.1, 0.15) is 18.1 Å². The zero-order valence-corrected chi connectivity index (χ0v) is 18.0. The number of nitrogens with two attached hydrogens (primary N) is 3. The minimum absolute atomic E-state index is 0.00227. The molecule has 0 saturated carbocycles. The molecular weight excluding hydrogens is 432 g/mol. The third kappa shape index (κ3) is 11.5. The van der Waals surface area contributed by atoms with Gasteiger partial charge in [0, 0.05) is 12.2 Å². The molecule has 31 heavy (non-hydrogen) atoms. The van der Waals surface area contributed by atoms with Crippen LogP contribution in [0.15, 0.2) is 0 Å². The van der Waals surface area contributed by atoms with Gasteiger partial charge < -0.3 is 43.4 Å². The molecule has 0 aliphatic heterocycles. The van der Waals surface area contributed by atoms with Gasteiger partial charge in [-0.3, -0.25) is 19.2 Å². The number of thiol groups is 1. The molecule has 178 valence electrons. The number of hydrogen-bond donors (Lipinski definition) is 9. The van der Waals surface area contributed by atoms with Crippen molar-refractivity contribution in [1.82, 2.24) is 16.0 Å². The van der Waals surface area contributed by atoms with Crippen molar-refractivity contribution in [3.05, 3.63) is 0 Å². The number of hydrogen-bond acceptors (Lipinski definition) is 9. The smallest absolute Gasteiger partial charge is 0.328 e. The third-order valence-corrected chi connectivity index (χ3v) is 4.60. The van der Waals surface area contributed by atoms with Gasteiger partial charge >= 0.3 is 5.97 Å². The van der Waals surface area contributed by atoms with E-state index in [-0.39, 0.29) is 25.0 Å². The normalized spacial score (nSPS) is 14.6. The second-order valence-electron chi connectivity index (χ2n) is 6.78. The maximum Gasteiger partial charge on any atom is 0.328 e. The Morgan fingerprint density at radius 3 is 1.90 bits per heavy atom. The molecule has 0 aromatic carbocycles. The average molecular weight is 465 g/mol. The number of carbonyl (C=O) groups is 5. The fraction of sp³-hybridized carbons (Fsp3) is 0.706. The van der Waals surface area contributed by atoms with Crippen molar-refractivity contribution in [2.24, 2.45) is 17.2 Å². The van der Waals surface area contributed by atoms with E-state index in [4.69, 9.17) is 27.4 Å². The van der Waals surface area contributed by atoms with Gasteiger partial charge in [-0.25, -0.2) is 4.79 Å². The van der Waals surface area contributed by atoms with Crippen LogP contribution in [0.3, 0.4) is 0 Å². The van der Waals surface area contributed by atoms with Crippen molar-refractivity contribution in [3.63, 3.8) is 0 Å². The molecular formula is C17H32N6O7S. The van der Waals surface area contributed by atoms with Crippen molar-refractivity contribution in [1.29, 1.82) is 0 Å². The molecule has 0 bridgehead atoms. The number of aliphatic hydroxyl groups excluding tert-OH is 1. The number of aliphatic hydroxyl groups is 1. The van der Waals surface area contributed by atoms with Crippen molar-refractivity contribution in [2.45, 2.75) is 56.3 Å². The minimum atomic E-state index is -1.55. The second-order valence-corrected chi connectivity index (χ2v) is 7.15. The lowest BCUT2D eigenvalue weighted by molar-refractivity contribution is -0.143. The van der Waals surface area contributed by atoms with Crippen LogP contribution >= 0.6 is 12.6 Å². The Morgan fingerprint density at radius 2 is 1.42 bits per heavy atom. The topological polar surface area (TPSA) is 240 Å². The Kier molecular flexibility index (Phi) is 14.2. The summed E-state index contributed by atoms with van der Waals surface area (Å²) in [5.41, 5.74) is 16.2. The summed E-state index contributed by atoms with van der Waals surface area (Å²) < 4.78 is 0. The van der Waals surface area contributed by atoms with Gasteiger partial charge in [-0.2, -0.15) is 12.6 Å². The summed E-state index contributed by atoms with van der Waals surface area (Å²) >= 11 is 3.98. The molecule has 0 saturated heterocycles. The standard InChI is InChI=1S/C17H32N6O7S/c18-6-2-1-3-10(21-14(26)9(19)4-5-13(20)25)15(27)23-12(8-31)16(28)22-11(7-24)17(29)30/h9-12,24,31H,1-8,18-19H2,(H2,20,25)(H,21,26)(H,22,28)(H,23,27)(H,29,30). The second kappa shape index (κ2) is 15.4. The van der Waals surface area contributed by atoms with Gasteiger partial charge in [0.15, 0.2) is 0 Å². The fourth-order valence-electron chi connectivity index (χ4n) is 2.39. The van der Waals surface area contributed by atoms with Crippen molar-refractivity contribution < 1.29 is 34.2 Å². The first kappa shape index (κ1) is 28.6. The van der Waals surface area contributed by atoms with Crippen LogP contribution < -0.4 is 33.2 Å². The van der Waals surface area contributed by atoms with Crippen molar-refractivity contribution >= 4 is 42.2 Å². The molecule has 4 amide bonds. The summed E-state index contributed by atoms with van der Waals surface area (Å²) in [5, 5.41) is 24.9. The fourth-order valence-corrected chi connectivity index (χ4v) is 2.65. The highest BCUT2D eigenvalue weighted by Gasteiger charge is 2.29. The van der Waals surface area contributed by atoms with Crippen LogP contribution in [0.1, 0.15) is 32.1 Å². The Labute approximate surface area is 185 Å². The summed E-state index contributed by atoms with van der Waals surface area (Å²) in [4.78, 5) is 59.0. The Morgan fingerprint density at radius 1 is 0.871 bits per heavy atom. The number of rotatable bonds is 16. The van der Waals surface area contributed by atoms with E-state index in [2.05, 4.69) is 28.6 Å². The van der Waals surface area contributed by atoms with E-state index >= 15 is 0 Å². The monoisotopic (exact) mass is 464 g/mol. The molecule has 0 radical (unpaired) electrons. The quantitative estimate of drug-likeness (QED) is 0.0801. The first-order valence-electron chi connectivity index (χ1n) is 9.66. The Balaban J connectivity index is 5.15. The molecule has 11 N–H and O–H groups in total. The van der Waals surface area contributed by atoms with Crippen LogP contribution in [0, 0.1) is 0 Å². The number of unbranched alkanes of at least 4 members (excludes halogenated alkanes) is 1. The summed E-state index contributed by atoms with van der Waals surface area (Å²) in [5.74, 6) is -4.49. The molecule has 14 heteroatoms. The molecule has 0 spiro atoms. The molecule has 4 unspecified atom stereocenters. The van der Waals surface area contributed by atoms with Gasteiger partial charge in [0.2, 0.25) is 23.6 Å². The number of amides is 4. The molecule has 0 heterocycles. The molecule has 0 aliphatic rings. The molecule has 0 aromatic heterocycles. The molecule has 13 nitrogen and oxygen atoms in total. The molecule has 4 atom stereocenters. The van der Waals surface area contributed by atoms with E-state index in [0.29, 0.717) is 19.4 Å². The molecule has 0 aliphatic carbocycles. The SMILES string of the molecule is NCCCCC(NC(=O)C(N)CCC(N)=O)C(=O)NC(CS)C(=O)NC(CO)C(=O)O. The average Bonchev–Trinajstić information content (AvgIpc) is 2.72. The van der Waals surface area contributed by atoms with E-state index in [1.54, 1.807) is 0 Å². The first-order valence-corrected chi connectivity index (χ1v) is 10.3. The number of carbonyl (C=O) groups excluding carboxylic acids is 4. The van der Waals surface area contributed by atoms with Crippen LogP contribution in [0.25, 0.3) is 0 Å². The highest BCUT2D eigenvalue weighted by atomic mass is 32.1. The van der Waals surface area contributed by atoms with E-state index in [0.717, 1.165) is 0 Å². The Bertz CT molecular complexity index is 636. The molecule has 0 fully saturated rings. The van der Waals surface area contributed by atoms with Crippen LogP contribution in [-0.4, -0.2) is 82.9 Å². The lowest BCUT2D eigenvalue weighted by Gasteiger charge is -2.24. The summed E-state index contributed by atoms with van der Waals surface area (Å²) in [6, 6.07) is -4.89. The van der Waals surface area contributed by atoms with Crippen molar-refractivity contribution in [2.75, 3.05) is 18.9 Å². The Hall–Kier alpha value is -2.42. The predicted molar refractivity (Wildman–Crippen MR) is 114 cm³/mol. The number of primary amides is 1. The van der Waals surface area contributed by atoms with E-state index in [1.165, 1.54) is 0 Å². The maximum absolute atomic E-state index is 12.7. The van der Waals surface area contributed by atoms with Gasteiger partial charge in [0.25, 0.3) is 0 Å². The molecule has 0 rings (SSSR count). The van der Waals surface area contributed by atoms with Crippen LogP contribution in [-0.2, 0) is 24.0 Å². The lowest BCUT2D eigenvalue weighted by atomic mass is 10.1. The van der Waals surface area contributed by atoms with E-state index in [1.807, 2.05) is 0 Å². The number of carboxylic acid groups (broad SMARTS) is 1. The maximum atomic E-state index is 12.7. The third-order valence-electron chi connectivity index (χ3n) is 4.23. The van der Waals surface area contributed by atoms with Crippen LogP contribution in [0.5, 0.6) is 0 Å². The van der Waals surface area contributed by atoms with Gasteiger partial charge in [-0.1, -0.05) is 0 Å². The predicted octanol–water partition coefficient (Wildman–Crippen LogP) is -3.83. The van der Waals surface area contributed by atoms with E-state index < -0.39 is 60.4 Å². The summed E-state index contributed by atoms with van der Waals surface area (Å²) in [6.45, 7) is -0.463. The van der Waals surface area contributed by atoms with Crippen LogP contribution in [0.4, 0.5) is 0 Å². The zero-order valence-electron chi connectivity index (χ0n) is 17.1. The van der Waals surface area contributed by atoms with Crippen LogP contribution in [0.2, 0.25) is 0 Å². The minimum Gasteiger partial charge on any atom is -0.480 e. The van der Waals surface area contributed by atoms with Gasteiger partial charge in [0.05, 0.1) is 12.6 Å². The number of carboxylic acids is 1. The highest BCUT2D eigenvalue weighted by molar-refractivity contribution is 7.80. The number of nitrogens with one attached hydrogen (secondary N) is 3. The summed E-state index contributed by atoms with van der Waals surface area (Å²) in [6.07, 6.45) is 1.18. The lowest BCUT2D eigenvalue weighted by Crippen LogP contribution is -2.58. The molecule has 0 aromatic rings. The first-order chi connectivity index (χ1) is 14.6. The number of aliphatic carboxylic acids is 1. The van der Waals surface area contributed by atoms with Gasteiger partial charge in [-0.15, -0.1) is 0 Å². The largest absolute Gasteiger partial charge is 0.480 e. The highest BCUT2D eigenvalue weighted by Crippen LogP contribution is 2.04. The van der Waals surface area contributed by atoms with Gasteiger partial charge in [-0.05, 0) is 32.2 Å². The van der Waals surface area contributed by atoms with Crippen molar-refractivity contribution in [3.8, 4) is 0 Å². The zero-order chi connectivity index (χ0) is 24.0.